The molecule has 0 saturated carbocycles. The first-order chi connectivity index (χ1) is 7.72. The van der Waals surface area contributed by atoms with Gasteiger partial charge in [0.2, 0.25) is 11.8 Å². The second-order valence-corrected chi connectivity index (χ2v) is 3.45. The van der Waals surface area contributed by atoms with E-state index in [-0.39, 0.29) is 24.7 Å². The van der Waals surface area contributed by atoms with Crippen LogP contribution in [0, 0.1) is 6.42 Å². The second kappa shape index (κ2) is 4.20. The SMILES string of the molecule is [N-]=[N+]=NC1=CC[CH]C(N2C(=O)CCC2=O)=C1. The zero-order valence-corrected chi connectivity index (χ0v) is 8.46. The number of azide groups is 1. The molecule has 0 bridgehead atoms. The molecule has 6 heteroatoms. The zero-order valence-electron chi connectivity index (χ0n) is 8.46. The highest BCUT2D eigenvalue weighted by Crippen LogP contribution is 2.25. The van der Waals surface area contributed by atoms with Gasteiger partial charge in [0.05, 0.1) is 0 Å². The summed E-state index contributed by atoms with van der Waals surface area (Å²) in [5.41, 5.74) is 9.25. The maximum absolute atomic E-state index is 11.5. The van der Waals surface area contributed by atoms with E-state index in [9.17, 15) is 9.59 Å². The first kappa shape index (κ1) is 10.4. The Morgan fingerprint density at radius 3 is 2.62 bits per heavy atom. The molecule has 0 N–H and O–H groups in total. The monoisotopic (exact) mass is 217 g/mol. The van der Waals surface area contributed by atoms with Gasteiger partial charge in [-0.2, -0.15) is 0 Å². The third-order valence-corrected chi connectivity index (χ3v) is 2.42. The van der Waals surface area contributed by atoms with Gasteiger partial charge in [-0.25, -0.2) is 0 Å². The Morgan fingerprint density at radius 1 is 1.31 bits per heavy atom. The Labute approximate surface area is 91.8 Å². The van der Waals surface area contributed by atoms with Crippen molar-refractivity contribution in [1.82, 2.24) is 4.90 Å². The van der Waals surface area contributed by atoms with Gasteiger partial charge >= 0.3 is 0 Å². The lowest BCUT2D eigenvalue weighted by Crippen LogP contribution is -2.29. The molecule has 1 saturated heterocycles. The van der Waals surface area contributed by atoms with Crippen LogP contribution in [0.4, 0.5) is 0 Å². The third-order valence-electron chi connectivity index (χ3n) is 2.42. The fourth-order valence-corrected chi connectivity index (χ4v) is 1.71. The molecule has 1 aliphatic heterocycles. The van der Waals surface area contributed by atoms with E-state index in [0.29, 0.717) is 17.8 Å². The topological polar surface area (TPSA) is 86.1 Å². The molecule has 0 aromatic heterocycles. The van der Waals surface area contributed by atoms with Gasteiger partial charge in [0.25, 0.3) is 0 Å². The van der Waals surface area contributed by atoms with Crippen LogP contribution in [0.25, 0.3) is 10.4 Å². The minimum absolute atomic E-state index is 0.199. The molecule has 0 atom stereocenters. The highest BCUT2D eigenvalue weighted by Gasteiger charge is 2.32. The molecular formula is C10H9N4O2. The summed E-state index contributed by atoms with van der Waals surface area (Å²) in [5.74, 6) is -0.399. The van der Waals surface area contributed by atoms with Gasteiger partial charge in [-0.1, -0.05) is 11.2 Å². The molecule has 1 fully saturated rings. The van der Waals surface area contributed by atoms with Gasteiger partial charge in [-0.05, 0) is 18.0 Å². The number of amides is 2. The van der Waals surface area contributed by atoms with E-state index in [0.717, 1.165) is 4.90 Å². The van der Waals surface area contributed by atoms with Crippen LogP contribution in [0.3, 0.4) is 0 Å². The number of likely N-dealkylation sites (tertiary alicyclic amines) is 1. The normalized spacial score (nSPS) is 20.4. The van der Waals surface area contributed by atoms with Crippen LogP contribution in [-0.2, 0) is 9.59 Å². The molecule has 1 aliphatic carbocycles. The summed E-state index contributed by atoms with van der Waals surface area (Å²) in [6, 6.07) is 0. The van der Waals surface area contributed by atoms with Crippen molar-refractivity contribution in [3.63, 3.8) is 0 Å². The molecule has 1 radical (unpaired) electrons. The molecule has 1 heterocycles. The Bertz CT molecular complexity index is 441. The lowest BCUT2D eigenvalue weighted by Gasteiger charge is -2.19. The minimum atomic E-state index is -0.199. The summed E-state index contributed by atoms with van der Waals surface area (Å²) < 4.78 is 0. The number of rotatable bonds is 2. The molecule has 81 valence electrons. The second-order valence-electron chi connectivity index (χ2n) is 3.45. The highest BCUT2D eigenvalue weighted by molar-refractivity contribution is 6.04. The van der Waals surface area contributed by atoms with Crippen LogP contribution in [0.1, 0.15) is 19.3 Å². The number of allylic oxidation sites excluding steroid dienone is 3. The van der Waals surface area contributed by atoms with E-state index < -0.39 is 0 Å². The van der Waals surface area contributed by atoms with E-state index in [1.54, 1.807) is 18.6 Å². The van der Waals surface area contributed by atoms with Gasteiger partial charge in [-0.15, -0.1) is 0 Å². The largest absolute Gasteiger partial charge is 0.274 e. The maximum atomic E-state index is 11.5. The fraction of sp³-hybridized carbons (Fsp3) is 0.300. The summed E-state index contributed by atoms with van der Waals surface area (Å²) in [6.07, 6.45) is 6.10. The Hall–Kier alpha value is -2.07. The van der Waals surface area contributed by atoms with E-state index in [1.165, 1.54) is 0 Å². The standard InChI is InChI=1S/C10H9N4O2/c11-13-12-7-2-1-3-8(6-7)14-9(15)4-5-10(14)16/h2-3,6H,1,4-5H2. The first-order valence-corrected chi connectivity index (χ1v) is 4.88. The molecule has 2 aliphatic rings. The number of carbonyl (C=O) groups is 2. The molecule has 2 amide bonds. The summed E-state index contributed by atoms with van der Waals surface area (Å²) >= 11 is 0. The molecule has 0 unspecified atom stereocenters. The maximum Gasteiger partial charge on any atom is 0.234 e. The van der Waals surface area contributed by atoms with Gasteiger partial charge in [0.15, 0.2) is 0 Å². The summed E-state index contributed by atoms with van der Waals surface area (Å²) in [6.45, 7) is 0. The van der Waals surface area contributed by atoms with Crippen molar-refractivity contribution in [2.75, 3.05) is 0 Å². The Kier molecular flexibility index (Phi) is 2.74. The zero-order chi connectivity index (χ0) is 11.5. The number of nitrogens with zero attached hydrogens (tertiary/aromatic N) is 4. The lowest BCUT2D eigenvalue weighted by atomic mass is 10.1. The molecular weight excluding hydrogens is 208 g/mol. The quantitative estimate of drug-likeness (QED) is 0.305. The van der Waals surface area contributed by atoms with Crippen LogP contribution in [0.15, 0.2) is 28.7 Å². The van der Waals surface area contributed by atoms with Crippen molar-refractivity contribution in [2.45, 2.75) is 19.3 Å². The summed E-state index contributed by atoms with van der Waals surface area (Å²) in [4.78, 5) is 26.8. The number of carbonyl (C=O) groups excluding carboxylic acids is 2. The van der Waals surface area contributed by atoms with E-state index in [4.69, 9.17) is 5.53 Å². The number of hydrogen-bond acceptors (Lipinski definition) is 3. The highest BCUT2D eigenvalue weighted by atomic mass is 16.2. The van der Waals surface area contributed by atoms with Crippen molar-refractivity contribution in [3.8, 4) is 0 Å². The predicted octanol–water partition coefficient (Wildman–Crippen LogP) is 1.82. The fourth-order valence-electron chi connectivity index (χ4n) is 1.71. The van der Waals surface area contributed by atoms with Gasteiger partial charge < -0.3 is 0 Å². The van der Waals surface area contributed by atoms with Crippen molar-refractivity contribution in [3.05, 3.63) is 40.4 Å². The average molecular weight is 217 g/mol. The average Bonchev–Trinajstić information content (AvgIpc) is 2.59. The van der Waals surface area contributed by atoms with Crippen molar-refractivity contribution >= 4 is 11.8 Å². The van der Waals surface area contributed by atoms with Crippen LogP contribution in [0.2, 0.25) is 0 Å². The number of hydrogen-bond donors (Lipinski definition) is 0. The van der Waals surface area contributed by atoms with Crippen molar-refractivity contribution in [1.29, 1.82) is 0 Å². The molecule has 0 aromatic carbocycles. The number of imide groups is 1. The minimum Gasteiger partial charge on any atom is -0.274 e. The molecule has 2 rings (SSSR count). The van der Waals surface area contributed by atoms with Crippen molar-refractivity contribution in [2.24, 2.45) is 5.11 Å². The molecule has 6 nitrogen and oxygen atoms in total. The summed E-state index contributed by atoms with van der Waals surface area (Å²) in [7, 11) is 0. The van der Waals surface area contributed by atoms with Crippen LogP contribution in [0.5, 0.6) is 0 Å². The lowest BCUT2D eigenvalue weighted by molar-refractivity contribution is -0.135. The molecule has 16 heavy (non-hydrogen) atoms. The Balaban J connectivity index is 2.27. The van der Waals surface area contributed by atoms with E-state index in [1.807, 2.05) is 0 Å². The van der Waals surface area contributed by atoms with E-state index >= 15 is 0 Å². The van der Waals surface area contributed by atoms with Crippen LogP contribution in [-0.4, -0.2) is 16.7 Å². The molecule has 0 aromatic rings. The van der Waals surface area contributed by atoms with Gasteiger partial charge in [-0.3, -0.25) is 14.5 Å². The van der Waals surface area contributed by atoms with Crippen LogP contribution >= 0.6 is 0 Å². The van der Waals surface area contributed by atoms with Gasteiger partial charge in [0.1, 0.15) is 0 Å². The molecule has 0 spiro atoms. The Morgan fingerprint density at radius 2 is 2.00 bits per heavy atom. The first-order valence-electron chi connectivity index (χ1n) is 4.88. The van der Waals surface area contributed by atoms with Crippen LogP contribution < -0.4 is 0 Å². The predicted molar refractivity (Wildman–Crippen MR) is 55.3 cm³/mol. The summed E-state index contributed by atoms with van der Waals surface area (Å²) in [5, 5.41) is 3.45. The van der Waals surface area contributed by atoms with Gasteiger partial charge in [0, 0.05) is 35.6 Å². The van der Waals surface area contributed by atoms with Crippen molar-refractivity contribution < 1.29 is 9.59 Å². The van der Waals surface area contributed by atoms with E-state index in [2.05, 4.69) is 10.0 Å². The third kappa shape index (κ3) is 1.83. The smallest absolute Gasteiger partial charge is 0.234 e.